The Balaban J connectivity index is 1.86. The predicted molar refractivity (Wildman–Crippen MR) is 119 cm³/mol. The van der Waals surface area contributed by atoms with Crippen molar-refractivity contribution in [3.8, 4) is 22.1 Å². The Bertz CT molecular complexity index is 974. The number of rotatable bonds is 10. The molecular weight excluding hydrogens is 404 g/mol. The van der Waals surface area contributed by atoms with Crippen molar-refractivity contribution in [1.29, 1.82) is 0 Å². The van der Waals surface area contributed by atoms with E-state index in [2.05, 4.69) is 22.2 Å². The summed E-state index contributed by atoms with van der Waals surface area (Å²) >= 11 is 1.64. The van der Waals surface area contributed by atoms with E-state index in [1.165, 1.54) is 10.9 Å². The van der Waals surface area contributed by atoms with Gasteiger partial charge in [-0.25, -0.2) is 4.98 Å². The number of nitrogens with zero attached hydrogens (tertiary/aromatic N) is 3. The number of nitrogens with two attached hydrogens (primary N) is 2. The molecule has 0 aliphatic rings. The van der Waals surface area contributed by atoms with E-state index in [0.29, 0.717) is 35.6 Å². The summed E-state index contributed by atoms with van der Waals surface area (Å²) in [6.07, 6.45) is 1.92. The number of benzene rings is 1. The highest BCUT2D eigenvalue weighted by molar-refractivity contribution is 7.15. The molecule has 0 bridgehead atoms. The maximum Gasteiger partial charge on any atom is 0.226 e. The van der Waals surface area contributed by atoms with Crippen molar-refractivity contribution in [2.45, 2.75) is 26.3 Å². The molecule has 10 heteroatoms. The lowest BCUT2D eigenvalue weighted by Gasteiger charge is -2.10. The summed E-state index contributed by atoms with van der Waals surface area (Å²) in [6, 6.07) is 7.17. The highest BCUT2D eigenvalue weighted by atomic mass is 32.1. The van der Waals surface area contributed by atoms with Crippen LogP contribution >= 0.6 is 11.3 Å². The first-order valence-electron chi connectivity index (χ1n) is 9.58. The van der Waals surface area contributed by atoms with Gasteiger partial charge in [-0.3, -0.25) is 0 Å². The van der Waals surface area contributed by atoms with Crippen LogP contribution in [0.15, 0.2) is 24.3 Å². The summed E-state index contributed by atoms with van der Waals surface area (Å²) in [5, 5.41) is 13.1. The number of nitrogens with one attached hydrogen (secondary N) is 1. The summed E-state index contributed by atoms with van der Waals surface area (Å²) < 4.78 is 10.9. The quantitative estimate of drug-likeness (QED) is 0.382. The summed E-state index contributed by atoms with van der Waals surface area (Å²) in [5.41, 5.74) is 13.3. The topological polar surface area (TPSA) is 141 Å². The zero-order valence-electron chi connectivity index (χ0n) is 17.0. The second-order valence-corrected chi connectivity index (χ2v) is 7.56. The Morgan fingerprint density at radius 3 is 2.53 bits per heavy atom. The summed E-state index contributed by atoms with van der Waals surface area (Å²) in [6.45, 7) is 2.71. The van der Waals surface area contributed by atoms with Crippen LogP contribution < -0.4 is 26.3 Å². The van der Waals surface area contributed by atoms with Gasteiger partial charge in [-0.1, -0.05) is 13.3 Å². The maximum atomic E-state index is 9.05. The SMILES string of the molecule is CCCc1sc(-c2ccc(OC)c(OCCO)c2)nc1CNc1nc(N)cc(N)n1. The minimum atomic E-state index is -0.0717. The minimum Gasteiger partial charge on any atom is -0.493 e. The van der Waals surface area contributed by atoms with Crippen LogP contribution in [-0.4, -0.2) is 40.4 Å². The number of aliphatic hydroxyl groups is 1. The third kappa shape index (κ3) is 5.28. The average molecular weight is 431 g/mol. The van der Waals surface area contributed by atoms with E-state index in [9.17, 15) is 0 Å². The molecule has 9 nitrogen and oxygen atoms in total. The largest absolute Gasteiger partial charge is 0.493 e. The minimum absolute atomic E-state index is 0.0717. The van der Waals surface area contributed by atoms with Crippen molar-refractivity contribution in [3.63, 3.8) is 0 Å². The number of thiazole rings is 1. The molecule has 0 amide bonds. The number of anilines is 3. The molecule has 0 unspecified atom stereocenters. The molecule has 0 fully saturated rings. The summed E-state index contributed by atoms with van der Waals surface area (Å²) in [7, 11) is 1.58. The van der Waals surface area contributed by atoms with Crippen molar-refractivity contribution in [2.75, 3.05) is 37.1 Å². The molecule has 0 atom stereocenters. The van der Waals surface area contributed by atoms with E-state index in [1.54, 1.807) is 18.4 Å². The van der Waals surface area contributed by atoms with Crippen LogP contribution in [0.5, 0.6) is 11.5 Å². The lowest BCUT2D eigenvalue weighted by Crippen LogP contribution is -2.08. The molecule has 3 rings (SSSR count). The van der Waals surface area contributed by atoms with E-state index in [0.717, 1.165) is 29.1 Å². The van der Waals surface area contributed by atoms with Crippen molar-refractivity contribution < 1.29 is 14.6 Å². The van der Waals surface area contributed by atoms with Gasteiger partial charge in [0.05, 0.1) is 26.0 Å². The Hall–Kier alpha value is -3.11. The zero-order chi connectivity index (χ0) is 21.5. The second-order valence-electron chi connectivity index (χ2n) is 6.47. The fraction of sp³-hybridized carbons (Fsp3) is 0.350. The lowest BCUT2D eigenvalue weighted by molar-refractivity contribution is 0.196. The van der Waals surface area contributed by atoms with Crippen LogP contribution in [0.1, 0.15) is 23.9 Å². The molecule has 30 heavy (non-hydrogen) atoms. The van der Waals surface area contributed by atoms with Gasteiger partial charge in [0.1, 0.15) is 23.3 Å². The number of aliphatic hydroxyl groups excluding tert-OH is 1. The van der Waals surface area contributed by atoms with Crippen LogP contribution in [0.4, 0.5) is 17.6 Å². The van der Waals surface area contributed by atoms with E-state index in [-0.39, 0.29) is 13.2 Å². The third-order valence-electron chi connectivity index (χ3n) is 4.19. The van der Waals surface area contributed by atoms with Crippen molar-refractivity contribution >= 4 is 28.9 Å². The van der Waals surface area contributed by atoms with Gasteiger partial charge in [-0.15, -0.1) is 11.3 Å². The van der Waals surface area contributed by atoms with Crippen LogP contribution in [0, 0.1) is 0 Å². The van der Waals surface area contributed by atoms with Gasteiger partial charge in [0.25, 0.3) is 0 Å². The second kappa shape index (κ2) is 10.1. The van der Waals surface area contributed by atoms with Gasteiger partial charge in [0, 0.05) is 16.5 Å². The van der Waals surface area contributed by atoms with Crippen molar-refractivity contribution in [3.05, 3.63) is 34.8 Å². The molecule has 0 aliphatic carbocycles. The fourth-order valence-corrected chi connectivity index (χ4v) is 4.05. The van der Waals surface area contributed by atoms with Crippen molar-refractivity contribution in [1.82, 2.24) is 15.0 Å². The molecule has 2 aromatic heterocycles. The number of methoxy groups -OCH3 is 1. The van der Waals surface area contributed by atoms with Crippen LogP contribution in [0.2, 0.25) is 0 Å². The first kappa shape index (κ1) is 21.6. The molecule has 1 aromatic carbocycles. The molecule has 0 saturated heterocycles. The average Bonchev–Trinajstić information content (AvgIpc) is 3.13. The molecule has 6 N–H and O–H groups in total. The lowest BCUT2D eigenvalue weighted by atomic mass is 10.2. The van der Waals surface area contributed by atoms with Gasteiger partial charge in [-0.2, -0.15) is 9.97 Å². The Kier molecular flexibility index (Phi) is 7.26. The number of hydrogen-bond acceptors (Lipinski definition) is 10. The maximum absolute atomic E-state index is 9.05. The predicted octanol–water partition coefficient (Wildman–Crippen LogP) is 2.71. The molecule has 0 saturated carbocycles. The van der Waals surface area contributed by atoms with Gasteiger partial charge in [-0.05, 0) is 24.6 Å². The van der Waals surface area contributed by atoms with E-state index in [1.807, 2.05) is 18.2 Å². The number of hydrogen-bond donors (Lipinski definition) is 4. The Morgan fingerprint density at radius 2 is 1.87 bits per heavy atom. The van der Waals surface area contributed by atoms with E-state index >= 15 is 0 Å². The standard InChI is InChI=1S/C20H26N6O3S/c1-3-4-16-13(11-23-20-25-17(21)10-18(22)26-20)24-19(30-16)12-5-6-14(28-2)15(9-12)29-8-7-27/h5-6,9-10,27H,3-4,7-8,11H2,1-2H3,(H5,21,22,23,25,26). The monoisotopic (exact) mass is 430 g/mol. The molecule has 160 valence electrons. The number of aromatic nitrogens is 3. The molecule has 0 aliphatic heterocycles. The Labute approximate surface area is 179 Å². The first-order chi connectivity index (χ1) is 14.5. The van der Waals surface area contributed by atoms with Crippen LogP contribution in [0.25, 0.3) is 10.6 Å². The van der Waals surface area contributed by atoms with Crippen LogP contribution in [0.3, 0.4) is 0 Å². The highest BCUT2D eigenvalue weighted by Gasteiger charge is 2.15. The smallest absolute Gasteiger partial charge is 0.226 e. The van der Waals surface area contributed by atoms with Gasteiger partial charge >= 0.3 is 0 Å². The molecule has 2 heterocycles. The third-order valence-corrected chi connectivity index (χ3v) is 5.40. The van der Waals surface area contributed by atoms with E-state index in [4.69, 9.17) is 31.0 Å². The van der Waals surface area contributed by atoms with Crippen molar-refractivity contribution in [2.24, 2.45) is 0 Å². The number of nitrogen functional groups attached to an aromatic ring is 2. The summed E-state index contributed by atoms with van der Waals surface area (Å²) in [4.78, 5) is 14.3. The highest BCUT2D eigenvalue weighted by Crippen LogP contribution is 2.35. The van der Waals surface area contributed by atoms with Crippen LogP contribution in [-0.2, 0) is 13.0 Å². The number of ether oxygens (including phenoxy) is 2. The van der Waals surface area contributed by atoms with Gasteiger partial charge < -0.3 is 31.4 Å². The molecule has 0 radical (unpaired) electrons. The zero-order valence-corrected chi connectivity index (χ0v) is 17.8. The summed E-state index contributed by atoms with van der Waals surface area (Å²) in [5.74, 6) is 2.17. The van der Waals surface area contributed by atoms with Gasteiger partial charge in [0.2, 0.25) is 5.95 Å². The molecule has 0 spiro atoms. The first-order valence-corrected chi connectivity index (χ1v) is 10.4. The molecule has 3 aromatic rings. The molecular formula is C20H26N6O3S. The van der Waals surface area contributed by atoms with Gasteiger partial charge in [0.15, 0.2) is 11.5 Å². The van der Waals surface area contributed by atoms with E-state index < -0.39 is 0 Å². The fourth-order valence-electron chi connectivity index (χ4n) is 2.87. The number of aryl methyl sites for hydroxylation is 1. The Morgan fingerprint density at radius 1 is 1.10 bits per heavy atom. The normalized spacial score (nSPS) is 10.8.